The zero-order valence-corrected chi connectivity index (χ0v) is 9.57. The molecule has 0 spiro atoms. The van der Waals surface area contributed by atoms with Gasteiger partial charge in [0.05, 0.1) is 0 Å². The molecule has 0 saturated heterocycles. The van der Waals surface area contributed by atoms with Crippen LogP contribution in [0.1, 0.15) is 27.7 Å². The average Bonchev–Trinajstić information content (AvgIpc) is 2.45. The van der Waals surface area contributed by atoms with E-state index in [1.54, 1.807) is 4.68 Å². The van der Waals surface area contributed by atoms with E-state index in [2.05, 4.69) is 48.5 Å². The third-order valence-corrected chi connectivity index (χ3v) is 2.66. The van der Waals surface area contributed by atoms with E-state index in [-0.39, 0.29) is 0 Å². The maximum Gasteiger partial charge on any atom is 0.242 e. The van der Waals surface area contributed by atoms with E-state index < -0.39 is 0 Å². The molecule has 5 heteroatoms. The molecular weight excluding hydrogens is 178 g/mol. The number of tetrazole rings is 1. The van der Waals surface area contributed by atoms with Crippen molar-refractivity contribution in [2.75, 3.05) is 11.9 Å². The van der Waals surface area contributed by atoms with E-state index in [0.29, 0.717) is 11.3 Å². The molecule has 0 aliphatic heterocycles. The van der Waals surface area contributed by atoms with Crippen LogP contribution in [0.15, 0.2) is 0 Å². The first kappa shape index (κ1) is 10.9. The van der Waals surface area contributed by atoms with Crippen molar-refractivity contribution in [1.29, 1.82) is 0 Å². The van der Waals surface area contributed by atoms with Crippen molar-refractivity contribution in [2.24, 2.45) is 18.4 Å². The Kier molecular flexibility index (Phi) is 3.08. The summed E-state index contributed by atoms with van der Waals surface area (Å²) in [4.78, 5) is 0. The molecule has 1 N–H and O–H groups in total. The van der Waals surface area contributed by atoms with Crippen molar-refractivity contribution in [1.82, 2.24) is 20.2 Å². The molecule has 1 rings (SSSR count). The van der Waals surface area contributed by atoms with Gasteiger partial charge in [0.1, 0.15) is 0 Å². The Balaban J connectivity index is 2.46. The third-order valence-electron chi connectivity index (χ3n) is 2.66. The minimum atomic E-state index is 0.305. The molecule has 0 aliphatic carbocycles. The Hall–Kier alpha value is -1.13. The van der Waals surface area contributed by atoms with Crippen LogP contribution >= 0.6 is 0 Å². The summed E-state index contributed by atoms with van der Waals surface area (Å²) < 4.78 is 1.63. The molecule has 0 aliphatic rings. The monoisotopic (exact) mass is 197 g/mol. The van der Waals surface area contributed by atoms with Gasteiger partial charge in [-0.25, -0.2) is 4.68 Å². The van der Waals surface area contributed by atoms with Gasteiger partial charge in [0, 0.05) is 13.6 Å². The molecule has 0 fully saturated rings. The summed E-state index contributed by atoms with van der Waals surface area (Å²) in [5.41, 5.74) is 0.305. The van der Waals surface area contributed by atoms with E-state index in [9.17, 15) is 0 Å². The molecule has 14 heavy (non-hydrogen) atoms. The minimum absolute atomic E-state index is 0.305. The molecule has 1 aromatic rings. The predicted octanol–water partition coefficient (Wildman–Crippen LogP) is 1.30. The van der Waals surface area contributed by atoms with Gasteiger partial charge in [0.2, 0.25) is 5.95 Å². The number of aromatic nitrogens is 4. The van der Waals surface area contributed by atoms with Gasteiger partial charge in [0.15, 0.2) is 0 Å². The van der Waals surface area contributed by atoms with E-state index in [1.807, 2.05) is 7.05 Å². The van der Waals surface area contributed by atoms with Gasteiger partial charge in [-0.15, -0.1) is 0 Å². The largest absolute Gasteiger partial charge is 0.353 e. The molecule has 0 amide bonds. The van der Waals surface area contributed by atoms with E-state index in [0.717, 1.165) is 12.5 Å². The Bertz CT molecular complexity index is 286. The van der Waals surface area contributed by atoms with Gasteiger partial charge in [-0.1, -0.05) is 32.8 Å². The first-order valence-electron chi connectivity index (χ1n) is 4.87. The van der Waals surface area contributed by atoms with Crippen LogP contribution in [0.3, 0.4) is 0 Å². The van der Waals surface area contributed by atoms with Crippen molar-refractivity contribution < 1.29 is 0 Å². The van der Waals surface area contributed by atoms with Crippen LogP contribution in [-0.2, 0) is 7.05 Å². The molecule has 0 aromatic carbocycles. The summed E-state index contributed by atoms with van der Waals surface area (Å²) >= 11 is 0. The van der Waals surface area contributed by atoms with Crippen LogP contribution in [0.25, 0.3) is 0 Å². The highest BCUT2D eigenvalue weighted by molar-refractivity contribution is 5.20. The number of aryl methyl sites for hydroxylation is 1. The second-order valence-electron chi connectivity index (χ2n) is 4.77. The van der Waals surface area contributed by atoms with Crippen LogP contribution in [0, 0.1) is 11.3 Å². The summed E-state index contributed by atoms with van der Waals surface area (Å²) in [6.45, 7) is 9.80. The topological polar surface area (TPSA) is 55.6 Å². The van der Waals surface area contributed by atoms with E-state index >= 15 is 0 Å². The fraction of sp³-hybridized carbons (Fsp3) is 0.889. The number of hydrogen-bond donors (Lipinski definition) is 1. The lowest BCUT2D eigenvalue weighted by Gasteiger charge is -2.27. The maximum atomic E-state index is 3.86. The summed E-state index contributed by atoms with van der Waals surface area (Å²) in [7, 11) is 1.82. The highest BCUT2D eigenvalue weighted by atomic mass is 15.6. The molecule has 0 saturated carbocycles. The fourth-order valence-electron chi connectivity index (χ4n) is 0.930. The predicted molar refractivity (Wildman–Crippen MR) is 55.9 cm³/mol. The molecule has 1 unspecified atom stereocenters. The number of hydrogen-bond acceptors (Lipinski definition) is 4. The van der Waals surface area contributed by atoms with Crippen molar-refractivity contribution in [3.63, 3.8) is 0 Å². The quantitative estimate of drug-likeness (QED) is 0.793. The Morgan fingerprint density at radius 2 is 2.07 bits per heavy atom. The zero-order chi connectivity index (χ0) is 10.8. The highest BCUT2D eigenvalue weighted by Crippen LogP contribution is 2.25. The van der Waals surface area contributed by atoms with Crippen LogP contribution in [-0.4, -0.2) is 26.8 Å². The summed E-state index contributed by atoms with van der Waals surface area (Å²) in [5, 5.41) is 14.4. The van der Waals surface area contributed by atoms with Crippen molar-refractivity contribution >= 4 is 5.95 Å². The van der Waals surface area contributed by atoms with Gasteiger partial charge in [-0.3, -0.25) is 0 Å². The lowest BCUT2D eigenvalue weighted by molar-refractivity contribution is 0.274. The number of anilines is 1. The average molecular weight is 197 g/mol. The number of nitrogens with zero attached hydrogens (tertiary/aromatic N) is 4. The molecule has 0 bridgehead atoms. The number of rotatable bonds is 3. The van der Waals surface area contributed by atoms with E-state index in [4.69, 9.17) is 0 Å². The standard InChI is InChI=1S/C9H19N5/c1-7(9(2,3)4)6-10-8-11-12-13-14(8)5/h7H,6H2,1-5H3,(H,10,11,13). The smallest absolute Gasteiger partial charge is 0.242 e. The zero-order valence-electron chi connectivity index (χ0n) is 9.57. The molecule has 1 atom stereocenters. The minimum Gasteiger partial charge on any atom is -0.353 e. The SMILES string of the molecule is CC(CNc1nnnn1C)C(C)(C)C. The highest BCUT2D eigenvalue weighted by Gasteiger charge is 2.19. The lowest BCUT2D eigenvalue weighted by atomic mass is 9.82. The van der Waals surface area contributed by atoms with Crippen molar-refractivity contribution in [3.8, 4) is 0 Å². The van der Waals surface area contributed by atoms with Gasteiger partial charge >= 0.3 is 0 Å². The second kappa shape index (κ2) is 3.94. The Morgan fingerprint density at radius 1 is 1.43 bits per heavy atom. The van der Waals surface area contributed by atoms with Gasteiger partial charge < -0.3 is 5.32 Å². The van der Waals surface area contributed by atoms with Crippen molar-refractivity contribution in [3.05, 3.63) is 0 Å². The summed E-state index contributed by atoms with van der Waals surface area (Å²) in [6, 6.07) is 0. The summed E-state index contributed by atoms with van der Waals surface area (Å²) in [5.74, 6) is 1.29. The fourth-order valence-corrected chi connectivity index (χ4v) is 0.930. The lowest BCUT2D eigenvalue weighted by Crippen LogP contribution is -2.25. The Morgan fingerprint density at radius 3 is 2.50 bits per heavy atom. The first-order valence-corrected chi connectivity index (χ1v) is 4.87. The van der Waals surface area contributed by atoms with Gasteiger partial charge in [-0.05, 0) is 21.8 Å². The Labute approximate surface area is 84.9 Å². The first-order chi connectivity index (χ1) is 6.41. The normalized spacial score (nSPS) is 14.1. The molecular formula is C9H19N5. The molecule has 0 radical (unpaired) electrons. The summed E-state index contributed by atoms with van der Waals surface area (Å²) in [6.07, 6.45) is 0. The van der Waals surface area contributed by atoms with Crippen LogP contribution in [0.2, 0.25) is 0 Å². The maximum absolute atomic E-state index is 3.86. The molecule has 1 heterocycles. The molecule has 5 nitrogen and oxygen atoms in total. The van der Waals surface area contributed by atoms with E-state index in [1.165, 1.54) is 0 Å². The number of nitrogens with one attached hydrogen (secondary N) is 1. The van der Waals surface area contributed by atoms with Gasteiger partial charge in [-0.2, -0.15) is 0 Å². The molecule has 1 aromatic heterocycles. The molecule has 80 valence electrons. The van der Waals surface area contributed by atoms with Gasteiger partial charge in [0.25, 0.3) is 0 Å². The van der Waals surface area contributed by atoms with Crippen LogP contribution < -0.4 is 5.32 Å². The van der Waals surface area contributed by atoms with Crippen LogP contribution in [0.4, 0.5) is 5.95 Å². The third kappa shape index (κ3) is 2.68. The van der Waals surface area contributed by atoms with Crippen molar-refractivity contribution in [2.45, 2.75) is 27.7 Å². The van der Waals surface area contributed by atoms with Crippen LogP contribution in [0.5, 0.6) is 0 Å². The second-order valence-corrected chi connectivity index (χ2v) is 4.77.